The van der Waals surface area contributed by atoms with Gasteiger partial charge in [-0.1, -0.05) is 24.3 Å². The van der Waals surface area contributed by atoms with Crippen LogP contribution in [0.15, 0.2) is 36.7 Å². The fourth-order valence-corrected chi connectivity index (χ4v) is 2.51. The number of nitrogens with zero attached hydrogens (tertiary/aromatic N) is 6. The van der Waals surface area contributed by atoms with Gasteiger partial charge in [-0.15, -0.1) is 15.3 Å². The van der Waals surface area contributed by atoms with Gasteiger partial charge < -0.3 is 0 Å². The molecule has 4 aromatic rings. The second-order valence-corrected chi connectivity index (χ2v) is 4.81. The zero-order valence-corrected chi connectivity index (χ0v) is 11.1. The number of hydrogen-bond acceptors (Lipinski definition) is 4. The molecule has 0 spiro atoms. The van der Waals surface area contributed by atoms with Crippen LogP contribution in [-0.2, 0) is 0 Å². The standard InChI is InChI=1S/C14H12N6/c1-9-7-10(2)20(17-9)14-12-6-4-3-5-11(12)13-16-15-8-19(13)18-14/h3-8H,1-2H3. The van der Waals surface area contributed by atoms with Crippen molar-refractivity contribution in [2.45, 2.75) is 13.8 Å². The van der Waals surface area contributed by atoms with Crippen LogP contribution in [-0.4, -0.2) is 29.6 Å². The Bertz CT molecular complexity index is 933. The van der Waals surface area contributed by atoms with E-state index < -0.39 is 0 Å². The van der Waals surface area contributed by atoms with Gasteiger partial charge in [0.15, 0.2) is 11.5 Å². The Labute approximate surface area is 114 Å². The molecule has 6 nitrogen and oxygen atoms in total. The van der Waals surface area contributed by atoms with E-state index >= 15 is 0 Å². The van der Waals surface area contributed by atoms with E-state index in [0.717, 1.165) is 33.6 Å². The third-order valence-corrected chi connectivity index (χ3v) is 3.35. The van der Waals surface area contributed by atoms with E-state index in [1.54, 1.807) is 10.8 Å². The smallest absolute Gasteiger partial charge is 0.185 e. The first kappa shape index (κ1) is 11.1. The molecule has 0 saturated heterocycles. The van der Waals surface area contributed by atoms with Crippen LogP contribution in [0.5, 0.6) is 0 Å². The fourth-order valence-electron chi connectivity index (χ4n) is 2.51. The van der Waals surface area contributed by atoms with Crippen molar-refractivity contribution in [1.29, 1.82) is 0 Å². The van der Waals surface area contributed by atoms with Crippen molar-refractivity contribution in [2.24, 2.45) is 0 Å². The summed E-state index contributed by atoms with van der Waals surface area (Å²) in [6.07, 6.45) is 1.61. The van der Waals surface area contributed by atoms with Gasteiger partial charge in [-0.2, -0.15) is 9.61 Å². The van der Waals surface area contributed by atoms with Gasteiger partial charge in [0.2, 0.25) is 0 Å². The van der Waals surface area contributed by atoms with Crippen LogP contribution in [0.25, 0.3) is 22.2 Å². The molecule has 0 unspecified atom stereocenters. The van der Waals surface area contributed by atoms with Gasteiger partial charge in [0, 0.05) is 16.5 Å². The molecule has 6 heteroatoms. The van der Waals surface area contributed by atoms with E-state index in [1.807, 2.05) is 48.9 Å². The molecule has 0 radical (unpaired) electrons. The van der Waals surface area contributed by atoms with Crippen molar-refractivity contribution < 1.29 is 0 Å². The van der Waals surface area contributed by atoms with Crippen LogP contribution in [0.2, 0.25) is 0 Å². The Hall–Kier alpha value is -2.76. The minimum atomic E-state index is 0.755. The fraction of sp³-hybridized carbons (Fsp3) is 0.143. The number of rotatable bonds is 1. The molecule has 0 N–H and O–H groups in total. The zero-order chi connectivity index (χ0) is 13.7. The van der Waals surface area contributed by atoms with Crippen molar-refractivity contribution in [1.82, 2.24) is 29.6 Å². The lowest BCUT2D eigenvalue weighted by Gasteiger charge is -2.08. The van der Waals surface area contributed by atoms with Crippen LogP contribution >= 0.6 is 0 Å². The van der Waals surface area contributed by atoms with Gasteiger partial charge in [-0.3, -0.25) is 0 Å². The van der Waals surface area contributed by atoms with Crippen LogP contribution in [0.3, 0.4) is 0 Å². The van der Waals surface area contributed by atoms with Gasteiger partial charge in [0.1, 0.15) is 6.33 Å². The number of aryl methyl sites for hydroxylation is 2. The summed E-state index contributed by atoms with van der Waals surface area (Å²) in [7, 11) is 0. The van der Waals surface area contributed by atoms with E-state index in [9.17, 15) is 0 Å². The SMILES string of the molecule is Cc1cc(C)n(-c2nn3cnnc3c3ccccc23)n1. The first-order chi connectivity index (χ1) is 9.74. The highest BCUT2D eigenvalue weighted by atomic mass is 15.4. The van der Waals surface area contributed by atoms with Gasteiger partial charge in [-0.25, -0.2) is 4.68 Å². The van der Waals surface area contributed by atoms with E-state index in [-0.39, 0.29) is 0 Å². The monoisotopic (exact) mass is 264 g/mol. The summed E-state index contributed by atoms with van der Waals surface area (Å²) in [6.45, 7) is 4.00. The Morgan fingerprint density at radius 2 is 1.80 bits per heavy atom. The molecular weight excluding hydrogens is 252 g/mol. The number of benzene rings is 1. The first-order valence-corrected chi connectivity index (χ1v) is 6.36. The van der Waals surface area contributed by atoms with Crippen LogP contribution in [0, 0.1) is 13.8 Å². The lowest BCUT2D eigenvalue weighted by Crippen LogP contribution is -2.06. The molecule has 3 aromatic heterocycles. The molecule has 0 aliphatic heterocycles. The summed E-state index contributed by atoms with van der Waals surface area (Å²) in [6, 6.07) is 10.1. The number of hydrogen-bond donors (Lipinski definition) is 0. The molecule has 4 rings (SSSR count). The summed E-state index contributed by atoms with van der Waals surface area (Å²) in [4.78, 5) is 0. The van der Waals surface area contributed by atoms with E-state index in [4.69, 9.17) is 0 Å². The highest BCUT2D eigenvalue weighted by Crippen LogP contribution is 2.23. The van der Waals surface area contributed by atoms with Gasteiger partial charge in [-0.05, 0) is 19.9 Å². The quantitative estimate of drug-likeness (QED) is 0.528. The highest BCUT2D eigenvalue weighted by Gasteiger charge is 2.13. The summed E-state index contributed by atoms with van der Waals surface area (Å²) < 4.78 is 3.55. The number of aromatic nitrogens is 6. The molecule has 20 heavy (non-hydrogen) atoms. The summed E-state index contributed by atoms with van der Waals surface area (Å²) in [5, 5.41) is 19.2. The van der Waals surface area contributed by atoms with Crippen LogP contribution < -0.4 is 0 Å². The third-order valence-electron chi connectivity index (χ3n) is 3.35. The van der Waals surface area contributed by atoms with Gasteiger partial charge in [0.25, 0.3) is 0 Å². The average molecular weight is 264 g/mol. The van der Waals surface area contributed by atoms with Gasteiger partial charge >= 0.3 is 0 Å². The number of fused-ring (bicyclic) bond motifs is 3. The second-order valence-electron chi connectivity index (χ2n) is 4.81. The molecule has 0 aliphatic carbocycles. The largest absolute Gasteiger partial charge is 0.217 e. The predicted octanol–water partition coefficient (Wildman–Crippen LogP) is 2.08. The highest BCUT2D eigenvalue weighted by molar-refractivity contribution is 5.97. The van der Waals surface area contributed by atoms with Crippen LogP contribution in [0.1, 0.15) is 11.4 Å². The Balaban J connectivity index is 2.18. The average Bonchev–Trinajstić information content (AvgIpc) is 3.04. The van der Waals surface area contributed by atoms with Crippen molar-refractivity contribution >= 4 is 16.4 Å². The molecule has 98 valence electrons. The summed E-state index contributed by atoms with van der Waals surface area (Å²) in [5.41, 5.74) is 2.77. The van der Waals surface area contributed by atoms with E-state index in [2.05, 4.69) is 20.4 Å². The van der Waals surface area contributed by atoms with Crippen molar-refractivity contribution in [3.63, 3.8) is 0 Å². The lowest BCUT2D eigenvalue weighted by molar-refractivity contribution is 0.774. The maximum absolute atomic E-state index is 4.60. The zero-order valence-electron chi connectivity index (χ0n) is 11.1. The van der Waals surface area contributed by atoms with E-state index in [0.29, 0.717) is 0 Å². The molecule has 0 atom stereocenters. The minimum absolute atomic E-state index is 0.755. The molecule has 0 saturated carbocycles. The Kier molecular flexibility index (Phi) is 2.14. The van der Waals surface area contributed by atoms with Crippen LogP contribution in [0.4, 0.5) is 0 Å². The van der Waals surface area contributed by atoms with Crippen molar-refractivity contribution in [3.8, 4) is 5.82 Å². The molecule has 0 amide bonds. The third kappa shape index (κ3) is 1.45. The maximum atomic E-state index is 4.60. The predicted molar refractivity (Wildman–Crippen MR) is 74.9 cm³/mol. The van der Waals surface area contributed by atoms with Crippen molar-refractivity contribution in [2.75, 3.05) is 0 Å². The van der Waals surface area contributed by atoms with Crippen molar-refractivity contribution in [3.05, 3.63) is 48.0 Å². The summed E-state index contributed by atoms with van der Waals surface area (Å²) in [5.74, 6) is 0.790. The topological polar surface area (TPSA) is 60.9 Å². The second kappa shape index (κ2) is 3.86. The lowest BCUT2D eigenvalue weighted by atomic mass is 10.2. The maximum Gasteiger partial charge on any atom is 0.185 e. The Morgan fingerprint density at radius 1 is 1.00 bits per heavy atom. The minimum Gasteiger partial charge on any atom is -0.217 e. The normalized spacial score (nSPS) is 11.5. The van der Waals surface area contributed by atoms with Gasteiger partial charge in [0.05, 0.1) is 5.69 Å². The van der Waals surface area contributed by atoms with E-state index in [1.165, 1.54) is 0 Å². The molecule has 1 aromatic carbocycles. The molecule has 0 bridgehead atoms. The molecule has 0 fully saturated rings. The first-order valence-electron chi connectivity index (χ1n) is 6.36. The summed E-state index contributed by atoms with van der Waals surface area (Å²) >= 11 is 0. The molecule has 0 aliphatic rings. The Morgan fingerprint density at radius 3 is 2.55 bits per heavy atom. The molecule has 3 heterocycles. The molecular formula is C14H12N6.